The van der Waals surface area contributed by atoms with Crippen LogP contribution in [0.3, 0.4) is 0 Å². The van der Waals surface area contributed by atoms with Gasteiger partial charge < -0.3 is 0 Å². The summed E-state index contributed by atoms with van der Waals surface area (Å²) in [6.45, 7) is 1.90. The molecule has 0 aromatic carbocycles. The van der Waals surface area contributed by atoms with Crippen LogP contribution in [-0.4, -0.2) is 22.4 Å². The predicted molar refractivity (Wildman–Crippen MR) is 47.2 cm³/mol. The molecule has 1 aromatic rings. The summed E-state index contributed by atoms with van der Waals surface area (Å²) in [6, 6.07) is 0. The second kappa shape index (κ2) is 4.65. The molecule has 0 bridgehead atoms. The van der Waals surface area contributed by atoms with Gasteiger partial charge in [0, 0.05) is 0 Å². The van der Waals surface area contributed by atoms with Gasteiger partial charge in [0.2, 0.25) is 0 Å². The number of hydrogen-bond acceptors (Lipinski definition) is 3. The third-order valence-electron chi connectivity index (χ3n) is 1.44. The number of carbonyl (C=O) groups is 1. The van der Waals surface area contributed by atoms with E-state index < -0.39 is 0 Å². The molecule has 0 saturated carbocycles. The van der Waals surface area contributed by atoms with E-state index in [4.69, 9.17) is 0 Å². The fourth-order valence-electron chi connectivity index (χ4n) is 0.824. The molecule has 0 unspecified atom stereocenters. The van der Waals surface area contributed by atoms with Gasteiger partial charge in [-0.1, -0.05) is 0 Å². The molecule has 6 heteroatoms. The van der Waals surface area contributed by atoms with Gasteiger partial charge in [-0.25, -0.2) is 0 Å². The standard InChI is InChI=1S/C7H8N3O2P/c1-5-6(10-4-9-5)7(11)8-2-3-13-12/h4H,2H2,1H3,(H,8,11)(H,9,10). The van der Waals surface area contributed by atoms with Crippen molar-refractivity contribution in [3.05, 3.63) is 17.7 Å². The monoisotopic (exact) mass is 197 g/mol. The van der Waals surface area contributed by atoms with E-state index in [1.165, 1.54) is 6.33 Å². The van der Waals surface area contributed by atoms with Crippen LogP contribution in [0.5, 0.6) is 0 Å². The molecule has 0 atom stereocenters. The number of carbonyl (C=O) groups excluding carboxylic acids is 1. The third-order valence-corrected chi connectivity index (χ3v) is 1.72. The Hall–Kier alpha value is -1.31. The Morgan fingerprint density at radius 2 is 2.62 bits per heavy atom. The van der Waals surface area contributed by atoms with Crippen molar-refractivity contribution < 1.29 is 9.36 Å². The second-order valence-corrected chi connectivity index (χ2v) is 2.81. The SMILES string of the molecule is Cc1[nH]cnc1C(=O)NCC#P=O. The number of nitrogens with zero attached hydrogens (tertiary/aromatic N) is 1. The Balaban J connectivity index is 2.62. The fourth-order valence-corrected chi connectivity index (χ4v) is 0.967. The molecule has 0 fully saturated rings. The second-order valence-electron chi connectivity index (χ2n) is 2.31. The van der Waals surface area contributed by atoms with Crippen LogP contribution in [0.1, 0.15) is 16.2 Å². The number of imidazole rings is 1. The molecule has 2 N–H and O–H groups in total. The van der Waals surface area contributed by atoms with E-state index in [9.17, 15) is 9.36 Å². The zero-order valence-electron chi connectivity index (χ0n) is 7.00. The summed E-state index contributed by atoms with van der Waals surface area (Å²) in [7, 11) is -0.211. The number of aryl methyl sites for hydroxylation is 1. The molecule has 0 radical (unpaired) electrons. The number of aromatic amines is 1. The summed E-state index contributed by atoms with van der Waals surface area (Å²) in [5.74, 6) is -0.296. The minimum absolute atomic E-state index is 0.149. The number of nitrogens with one attached hydrogen (secondary N) is 2. The van der Waals surface area contributed by atoms with Gasteiger partial charge in [-0.15, -0.1) is 0 Å². The van der Waals surface area contributed by atoms with Crippen molar-refractivity contribution in [3.63, 3.8) is 0 Å². The maximum absolute atomic E-state index is 11.3. The Morgan fingerprint density at radius 1 is 1.85 bits per heavy atom. The zero-order valence-corrected chi connectivity index (χ0v) is 7.89. The Labute approximate surface area is 76.1 Å². The van der Waals surface area contributed by atoms with E-state index in [2.05, 4.69) is 20.9 Å². The van der Waals surface area contributed by atoms with Gasteiger partial charge in [-0.3, -0.25) is 0 Å². The topological polar surface area (TPSA) is 74.8 Å². The van der Waals surface area contributed by atoms with Crippen molar-refractivity contribution in [2.75, 3.05) is 6.54 Å². The fraction of sp³-hybridized carbons (Fsp3) is 0.286. The number of H-pyrrole nitrogens is 1. The molecular formula is C7H8N3O2P. The molecule has 1 rings (SSSR count). The van der Waals surface area contributed by atoms with E-state index in [1.54, 1.807) is 6.92 Å². The molecule has 0 aliphatic carbocycles. The quantitative estimate of drug-likeness (QED) is 0.685. The summed E-state index contributed by atoms with van der Waals surface area (Å²) in [4.78, 5) is 17.9. The maximum atomic E-state index is 11.3. The summed E-state index contributed by atoms with van der Waals surface area (Å²) >= 11 is 0. The number of rotatable bonds is 2. The first-order chi connectivity index (χ1) is 6.25. The summed E-state index contributed by atoms with van der Waals surface area (Å²) < 4.78 is 9.95. The van der Waals surface area contributed by atoms with Crippen LogP contribution >= 0.6 is 7.92 Å². The van der Waals surface area contributed by atoms with E-state index in [0.717, 1.165) is 0 Å². The first-order valence-corrected chi connectivity index (χ1v) is 4.40. The van der Waals surface area contributed by atoms with Crippen molar-refractivity contribution in [2.45, 2.75) is 6.92 Å². The Morgan fingerprint density at radius 3 is 3.15 bits per heavy atom. The first-order valence-electron chi connectivity index (χ1n) is 3.59. The molecule has 1 aromatic heterocycles. The average Bonchev–Trinajstić information content (AvgIpc) is 2.52. The van der Waals surface area contributed by atoms with Crippen LogP contribution in [0, 0.1) is 12.6 Å². The molecule has 1 heterocycles. The van der Waals surface area contributed by atoms with Gasteiger partial charge in [-0.05, 0) is 0 Å². The van der Waals surface area contributed by atoms with Crippen molar-refractivity contribution in [3.8, 4) is 5.63 Å². The Kier molecular flexibility index (Phi) is 3.50. The van der Waals surface area contributed by atoms with Crippen molar-refractivity contribution in [2.24, 2.45) is 0 Å². The van der Waals surface area contributed by atoms with Crippen LogP contribution in [0.2, 0.25) is 0 Å². The normalized spacial score (nSPS) is 9.00. The minimum atomic E-state index is -0.296. The van der Waals surface area contributed by atoms with E-state index >= 15 is 0 Å². The van der Waals surface area contributed by atoms with Crippen molar-refractivity contribution in [1.82, 2.24) is 15.3 Å². The molecule has 68 valence electrons. The van der Waals surface area contributed by atoms with Gasteiger partial charge in [0.1, 0.15) is 0 Å². The van der Waals surface area contributed by atoms with Crippen LogP contribution in [0.15, 0.2) is 6.33 Å². The van der Waals surface area contributed by atoms with Crippen molar-refractivity contribution >= 4 is 13.8 Å². The zero-order chi connectivity index (χ0) is 9.68. The van der Waals surface area contributed by atoms with Crippen molar-refractivity contribution in [1.29, 1.82) is 0 Å². The molecule has 0 spiro atoms. The molecule has 0 saturated heterocycles. The van der Waals surface area contributed by atoms with Crippen LogP contribution in [-0.2, 0) is 4.57 Å². The van der Waals surface area contributed by atoms with Gasteiger partial charge in [0.05, 0.1) is 0 Å². The van der Waals surface area contributed by atoms with Gasteiger partial charge in [-0.2, -0.15) is 0 Å². The Bertz CT molecular complexity index is 406. The molecule has 0 aliphatic rings. The first kappa shape index (κ1) is 9.78. The summed E-state index contributed by atoms with van der Waals surface area (Å²) in [5, 5.41) is 2.49. The van der Waals surface area contributed by atoms with Gasteiger partial charge in [0.15, 0.2) is 0 Å². The average molecular weight is 197 g/mol. The third kappa shape index (κ3) is 2.58. The molecule has 13 heavy (non-hydrogen) atoms. The van der Waals surface area contributed by atoms with Crippen LogP contribution in [0.4, 0.5) is 0 Å². The summed E-state index contributed by atoms with van der Waals surface area (Å²) in [6.07, 6.45) is 1.45. The summed E-state index contributed by atoms with van der Waals surface area (Å²) in [5.41, 5.74) is 3.46. The van der Waals surface area contributed by atoms with E-state index in [0.29, 0.717) is 11.4 Å². The molecule has 0 aliphatic heterocycles. The van der Waals surface area contributed by atoms with Crippen LogP contribution < -0.4 is 5.32 Å². The number of aromatic nitrogens is 2. The van der Waals surface area contributed by atoms with Crippen LogP contribution in [0.25, 0.3) is 0 Å². The van der Waals surface area contributed by atoms with E-state index in [1.807, 2.05) is 0 Å². The van der Waals surface area contributed by atoms with E-state index in [-0.39, 0.29) is 20.4 Å². The van der Waals surface area contributed by atoms with Gasteiger partial charge in [0.25, 0.3) is 0 Å². The van der Waals surface area contributed by atoms with Gasteiger partial charge >= 0.3 is 75.3 Å². The predicted octanol–water partition coefficient (Wildman–Crippen LogP) is 0.699. The molecule has 1 amide bonds. The molecular weight excluding hydrogens is 189 g/mol. The number of amides is 1. The number of hydrogen-bond donors (Lipinski definition) is 2. The molecule has 5 nitrogen and oxygen atoms in total.